The van der Waals surface area contributed by atoms with Gasteiger partial charge in [-0.1, -0.05) is 53.7 Å². The van der Waals surface area contributed by atoms with Gasteiger partial charge in [0.05, 0.1) is 12.7 Å². The molecule has 8 atom stereocenters. The lowest BCUT2D eigenvalue weighted by Gasteiger charge is -2.59. The molecule has 0 spiro atoms. The Balaban J connectivity index is 1.60. The van der Waals surface area contributed by atoms with E-state index in [9.17, 15) is 20.1 Å². The number of carbonyl (C=O) groups is 1. The van der Waals surface area contributed by atoms with Crippen LogP contribution in [0.4, 0.5) is 0 Å². The fourth-order valence-electron chi connectivity index (χ4n) is 8.80. The van der Waals surface area contributed by atoms with Gasteiger partial charge in [-0.05, 0) is 97.0 Å². The van der Waals surface area contributed by atoms with Crippen molar-refractivity contribution in [2.45, 2.75) is 112 Å². The minimum atomic E-state index is -1.44. The lowest BCUT2D eigenvalue weighted by Crippen LogP contribution is -2.53. The summed E-state index contributed by atoms with van der Waals surface area (Å²) < 4.78 is 0. The van der Waals surface area contributed by atoms with Crippen molar-refractivity contribution in [3.8, 4) is 0 Å². The predicted octanol–water partition coefficient (Wildman–Crippen LogP) is 5.60. The average molecular weight is 473 g/mol. The zero-order valence-electron chi connectivity index (χ0n) is 22.6. The van der Waals surface area contributed by atoms with E-state index < -0.39 is 18.3 Å². The lowest BCUT2D eigenvalue weighted by atomic mass is 9.44. The predicted molar refractivity (Wildman–Crippen MR) is 136 cm³/mol. The average Bonchev–Trinajstić information content (AvgIpc) is 3.06. The maximum atomic E-state index is 12.8. The first-order valence-electron chi connectivity index (χ1n) is 13.6. The number of carbonyl (C=O) groups excluding carboxylic acids is 1. The molecule has 0 aliphatic heterocycles. The Kier molecular flexibility index (Phi) is 6.36. The van der Waals surface area contributed by atoms with Crippen molar-refractivity contribution in [2.75, 3.05) is 6.61 Å². The lowest BCUT2D eigenvalue weighted by molar-refractivity contribution is -0.138. The molecule has 1 unspecified atom stereocenters. The number of rotatable bonds is 6. The molecule has 192 valence electrons. The van der Waals surface area contributed by atoms with E-state index in [0.29, 0.717) is 36.4 Å². The van der Waals surface area contributed by atoms with E-state index in [-0.39, 0.29) is 21.7 Å². The smallest absolute Gasteiger partial charge is 0.138 e. The largest absolute Gasteiger partial charge is 0.393 e. The van der Waals surface area contributed by atoms with Gasteiger partial charge in [-0.3, -0.25) is 4.79 Å². The van der Waals surface area contributed by atoms with Crippen molar-refractivity contribution >= 4 is 5.78 Å². The molecular weight excluding hydrogens is 424 g/mol. The summed E-state index contributed by atoms with van der Waals surface area (Å²) >= 11 is 0. The second-order valence-corrected chi connectivity index (χ2v) is 13.8. The van der Waals surface area contributed by atoms with Crippen molar-refractivity contribution < 1.29 is 20.1 Å². The Morgan fingerprint density at radius 2 is 1.76 bits per heavy atom. The molecule has 4 heteroatoms. The molecule has 2 fully saturated rings. The maximum absolute atomic E-state index is 12.8. The van der Waals surface area contributed by atoms with Crippen LogP contribution in [0.5, 0.6) is 0 Å². The first-order valence-corrected chi connectivity index (χ1v) is 13.6. The zero-order valence-corrected chi connectivity index (χ0v) is 22.6. The molecule has 0 saturated heterocycles. The van der Waals surface area contributed by atoms with Gasteiger partial charge in [0.1, 0.15) is 11.4 Å². The number of aliphatic hydroxyl groups excluding tert-OH is 2. The van der Waals surface area contributed by atoms with Crippen LogP contribution in [0.1, 0.15) is 99.8 Å². The topological polar surface area (TPSA) is 77.8 Å². The number of hydrogen-bond acceptors (Lipinski definition) is 4. The molecule has 0 aromatic carbocycles. The molecule has 4 nitrogen and oxygen atoms in total. The van der Waals surface area contributed by atoms with Gasteiger partial charge in [-0.25, -0.2) is 0 Å². The third kappa shape index (κ3) is 3.53. The summed E-state index contributed by atoms with van der Waals surface area (Å²) in [4.78, 5) is 12.8. The molecule has 3 N–H and O–H groups in total. The highest BCUT2D eigenvalue weighted by Gasteiger charge is 2.63. The van der Waals surface area contributed by atoms with Gasteiger partial charge in [0.25, 0.3) is 0 Å². The molecule has 0 heterocycles. The van der Waals surface area contributed by atoms with Crippen molar-refractivity contribution in [1.29, 1.82) is 0 Å². The van der Waals surface area contributed by atoms with Gasteiger partial charge in [0.15, 0.2) is 0 Å². The Morgan fingerprint density at radius 3 is 2.41 bits per heavy atom. The van der Waals surface area contributed by atoms with Crippen LogP contribution in [0.15, 0.2) is 23.3 Å². The minimum Gasteiger partial charge on any atom is -0.393 e. The Bertz CT molecular complexity index is 897. The highest BCUT2D eigenvalue weighted by atomic mass is 16.4. The fraction of sp³-hybridized carbons (Fsp3) is 0.833. The summed E-state index contributed by atoms with van der Waals surface area (Å²) in [6.45, 7) is 15.1. The van der Waals surface area contributed by atoms with Crippen molar-refractivity contribution in [3.05, 3.63) is 23.3 Å². The van der Waals surface area contributed by atoms with Crippen molar-refractivity contribution in [3.63, 3.8) is 0 Å². The minimum absolute atomic E-state index is 0.0789. The standard InChI is InChI=1S/C30H48O4/c1-19(8-11-25(33)30(7,34)18-31)20-12-16-29(6)22-9-10-23-26(2,3)24(32)14-15-27(23,4)21(22)13-17-28(20,29)5/h9,13,19-20,23,25,31,33-34H,8,10-12,14-18H2,1-7H3/t19-,20-,23?,25+,27-,28-,29+,30-/m1/s1. The number of fused-ring (bicyclic) bond motifs is 5. The van der Waals surface area contributed by atoms with E-state index in [0.717, 1.165) is 25.7 Å². The van der Waals surface area contributed by atoms with Crippen LogP contribution < -0.4 is 0 Å². The number of Topliss-reactive ketones (excluding diaryl/α,β-unsaturated/α-hetero) is 1. The zero-order chi connectivity index (χ0) is 25.3. The van der Waals surface area contributed by atoms with E-state index in [4.69, 9.17) is 0 Å². The second kappa shape index (κ2) is 8.28. The Morgan fingerprint density at radius 1 is 1.09 bits per heavy atom. The summed E-state index contributed by atoms with van der Waals surface area (Å²) in [7, 11) is 0. The SMILES string of the molecule is C[C@H](CC[C@H](O)[C@](C)(O)CO)[C@H]1CC[C@@]2(C)C3=CCC4C(C)(C)C(=O)CC[C@]4(C)C3=CC[C@]12C. The van der Waals surface area contributed by atoms with Crippen LogP contribution >= 0.6 is 0 Å². The van der Waals surface area contributed by atoms with Crippen LogP contribution in [0.2, 0.25) is 0 Å². The molecule has 0 radical (unpaired) electrons. The second-order valence-electron chi connectivity index (χ2n) is 13.8. The van der Waals surface area contributed by atoms with Crippen LogP contribution in [0.3, 0.4) is 0 Å². The number of allylic oxidation sites excluding steroid dienone is 4. The molecule has 0 bridgehead atoms. The van der Waals surface area contributed by atoms with Gasteiger partial charge in [0, 0.05) is 11.8 Å². The molecule has 4 rings (SSSR count). The van der Waals surface area contributed by atoms with Gasteiger partial charge in [-0.15, -0.1) is 0 Å². The van der Waals surface area contributed by atoms with Crippen LogP contribution in [-0.4, -0.2) is 39.4 Å². The summed E-state index contributed by atoms with van der Waals surface area (Å²) in [5, 5.41) is 30.0. The first-order chi connectivity index (χ1) is 15.6. The number of aliphatic hydroxyl groups is 3. The van der Waals surface area contributed by atoms with Crippen LogP contribution in [0, 0.1) is 39.4 Å². The molecule has 0 amide bonds. The van der Waals surface area contributed by atoms with E-state index in [1.807, 2.05) is 0 Å². The summed E-state index contributed by atoms with van der Waals surface area (Å²) in [6, 6.07) is 0. The highest BCUT2D eigenvalue weighted by Crippen LogP contribution is 2.71. The fourth-order valence-corrected chi connectivity index (χ4v) is 8.80. The Hall–Kier alpha value is -0.970. The third-order valence-electron chi connectivity index (χ3n) is 11.7. The van der Waals surface area contributed by atoms with Crippen molar-refractivity contribution in [2.24, 2.45) is 39.4 Å². The Labute approximate surface area is 206 Å². The number of hydrogen-bond donors (Lipinski definition) is 3. The quantitative estimate of drug-likeness (QED) is 0.470. The summed E-state index contributed by atoms with van der Waals surface area (Å²) in [5.41, 5.74) is 1.76. The van der Waals surface area contributed by atoms with E-state index in [1.165, 1.54) is 25.3 Å². The van der Waals surface area contributed by atoms with E-state index in [1.54, 1.807) is 5.57 Å². The van der Waals surface area contributed by atoms with Crippen molar-refractivity contribution in [1.82, 2.24) is 0 Å². The molecular formula is C30H48O4. The molecule has 2 saturated carbocycles. The summed E-state index contributed by atoms with van der Waals surface area (Å²) in [6.07, 6.45) is 11.6. The maximum Gasteiger partial charge on any atom is 0.138 e. The van der Waals surface area contributed by atoms with Gasteiger partial charge >= 0.3 is 0 Å². The molecule has 0 aromatic heterocycles. The number of ketones is 1. The van der Waals surface area contributed by atoms with E-state index in [2.05, 4.69) is 53.7 Å². The van der Waals surface area contributed by atoms with E-state index >= 15 is 0 Å². The van der Waals surface area contributed by atoms with Gasteiger partial charge in [0.2, 0.25) is 0 Å². The first kappa shape index (κ1) is 26.1. The summed E-state index contributed by atoms with van der Waals surface area (Å²) in [5.74, 6) is 1.79. The normalized spacial score (nSPS) is 42.5. The molecule has 0 aromatic rings. The van der Waals surface area contributed by atoms with Crippen LogP contribution in [0.25, 0.3) is 0 Å². The molecule has 34 heavy (non-hydrogen) atoms. The third-order valence-corrected chi connectivity index (χ3v) is 11.7. The van der Waals surface area contributed by atoms with Crippen LogP contribution in [-0.2, 0) is 4.79 Å². The highest BCUT2D eigenvalue weighted by molar-refractivity contribution is 5.86. The molecule has 4 aliphatic rings. The molecule has 4 aliphatic carbocycles. The monoisotopic (exact) mass is 472 g/mol. The van der Waals surface area contributed by atoms with Gasteiger partial charge in [-0.2, -0.15) is 0 Å². The van der Waals surface area contributed by atoms with Gasteiger partial charge < -0.3 is 15.3 Å².